The number of hydrogen-bond acceptors (Lipinski definition) is 2. The van der Waals surface area contributed by atoms with E-state index < -0.39 is 0 Å². The summed E-state index contributed by atoms with van der Waals surface area (Å²) in [5, 5.41) is 0. The quantitative estimate of drug-likeness (QED) is 0.254. The van der Waals surface area contributed by atoms with Crippen LogP contribution in [0.4, 0.5) is 0 Å². The number of carbonyl (C=O) groups excluding carboxylic acids is 1. The van der Waals surface area contributed by atoms with E-state index in [-0.39, 0.29) is 11.4 Å². The van der Waals surface area contributed by atoms with Gasteiger partial charge >= 0.3 is 5.97 Å². The van der Waals surface area contributed by atoms with E-state index in [1.54, 1.807) is 0 Å². The topological polar surface area (TPSA) is 26.3 Å². The molecule has 2 nitrogen and oxygen atoms in total. The predicted octanol–water partition coefficient (Wildman–Crippen LogP) is 11.3. The van der Waals surface area contributed by atoms with Gasteiger partial charge in [0.05, 0.1) is 12.7 Å². The average molecular weight is 585 g/mol. The van der Waals surface area contributed by atoms with Gasteiger partial charge in [-0.3, -0.25) is 0 Å². The Morgan fingerprint density at radius 3 is 2.16 bits per heavy atom. The minimum absolute atomic E-state index is 0.0875. The Morgan fingerprint density at radius 2 is 1.56 bits per heavy atom. The Kier molecular flexibility index (Phi) is 7.31. The third-order valence-corrected chi connectivity index (χ3v) is 16.1. The molecular weight excluding hydrogens is 524 g/mol. The Morgan fingerprint density at radius 1 is 0.884 bits per heavy atom. The second kappa shape index (κ2) is 10.1. The van der Waals surface area contributed by atoms with Crippen molar-refractivity contribution in [3.8, 4) is 0 Å². The van der Waals surface area contributed by atoms with Crippen LogP contribution in [0.25, 0.3) is 5.57 Å². The highest BCUT2D eigenvalue weighted by Gasteiger charge is 2.74. The summed E-state index contributed by atoms with van der Waals surface area (Å²) in [6.07, 6.45) is 17.5. The second-order valence-electron chi connectivity index (χ2n) is 17.3. The number of benzene rings is 1. The molecule has 6 rings (SSSR count). The normalized spacial score (nSPS) is 44.7. The molecule has 0 N–H and O–H groups in total. The third-order valence-electron chi connectivity index (χ3n) is 16.1. The molecule has 4 saturated carbocycles. The van der Waals surface area contributed by atoms with Crippen LogP contribution in [-0.2, 0) is 4.74 Å². The molecule has 0 saturated heterocycles. The highest BCUT2D eigenvalue weighted by molar-refractivity contribution is 5.89. The molecule has 5 aliphatic rings. The molecule has 0 aromatic heterocycles. The lowest BCUT2D eigenvalue weighted by molar-refractivity contribution is -0.272. The van der Waals surface area contributed by atoms with Gasteiger partial charge in [0.2, 0.25) is 0 Å². The lowest BCUT2D eigenvalue weighted by Gasteiger charge is -2.76. The van der Waals surface area contributed by atoms with E-state index in [1.807, 2.05) is 12.1 Å². The molecule has 1 aromatic carbocycles. The summed E-state index contributed by atoms with van der Waals surface area (Å²) in [5.74, 6) is 2.66. The molecule has 1 unspecified atom stereocenters. The largest absolute Gasteiger partial charge is 0.465 e. The van der Waals surface area contributed by atoms with Crippen molar-refractivity contribution in [1.82, 2.24) is 0 Å². The fourth-order valence-electron chi connectivity index (χ4n) is 13.9. The van der Waals surface area contributed by atoms with E-state index in [2.05, 4.69) is 80.2 Å². The number of esters is 1. The molecule has 0 aliphatic heterocycles. The predicted molar refractivity (Wildman–Crippen MR) is 180 cm³/mol. The molecule has 0 amide bonds. The molecular formula is C41H60O2. The number of hydrogen-bond donors (Lipinski definition) is 0. The average Bonchev–Trinajstić information content (AvgIpc) is 3.35. The first kappa shape index (κ1) is 31.2. The summed E-state index contributed by atoms with van der Waals surface area (Å²) in [7, 11) is 1.46. The third kappa shape index (κ3) is 3.86. The summed E-state index contributed by atoms with van der Waals surface area (Å²) >= 11 is 0. The van der Waals surface area contributed by atoms with Gasteiger partial charge in [-0.2, -0.15) is 0 Å². The highest BCUT2D eigenvalue weighted by Crippen LogP contribution is 2.82. The lowest BCUT2D eigenvalue weighted by Crippen LogP contribution is -2.69. The maximum absolute atomic E-state index is 12.1. The highest BCUT2D eigenvalue weighted by atomic mass is 16.5. The zero-order valence-electron chi connectivity index (χ0n) is 29.0. The van der Waals surface area contributed by atoms with E-state index >= 15 is 0 Å². The Hall–Kier alpha value is -1.83. The van der Waals surface area contributed by atoms with Gasteiger partial charge in [-0.05, 0) is 157 Å². The minimum Gasteiger partial charge on any atom is -0.465 e. The number of rotatable bonds is 5. The van der Waals surface area contributed by atoms with Crippen molar-refractivity contribution in [3.05, 3.63) is 53.6 Å². The minimum atomic E-state index is -0.260. The van der Waals surface area contributed by atoms with Crippen LogP contribution >= 0.6 is 0 Å². The van der Waals surface area contributed by atoms with Crippen molar-refractivity contribution in [1.29, 1.82) is 0 Å². The van der Waals surface area contributed by atoms with Gasteiger partial charge in [-0.1, -0.05) is 78.8 Å². The summed E-state index contributed by atoms with van der Waals surface area (Å²) < 4.78 is 4.97. The zero-order valence-corrected chi connectivity index (χ0v) is 29.0. The molecule has 5 aliphatic carbocycles. The molecule has 0 heterocycles. The molecule has 1 aromatic rings. The van der Waals surface area contributed by atoms with Crippen LogP contribution in [0, 0.1) is 56.2 Å². The number of fused-ring (bicyclic) bond motifs is 7. The standard InChI is InChI=1S/C41H60O2/c1-11-40-23-18-31(28-13-15-29(16-14-28)35(42)43-10)36(5,6)32(40)19-22-38(8)33(40)20-24-41(12-2)34-30(27(3)4)17-21-37(34,7)25-26-39(38,41)9/h13-16,18,30,32-34H,3,11-12,17,19-26H2,1-2,4-10H3/t30-,32-,33-,34-,37?,38+,39-,40-,41+/m0/s1. The number of allylic oxidation sites excluding steroid dienone is 3. The van der Waals surface area contributed by atoms with Gasteiger partial charge in [-0.25, -0.2) is 4.79 Å². The van der Waals surface area contributed by atoms with Gasteiger partial charge in [0.15, 0.2) is 0 Å². The summed E-state index contributed by atoms with van der Waals surface area (Å²) in [6.45, 7) is 25.4. The first-order valence-corrected chi connectivity index (χ1v) is 17.8. The Bertz CT molecular complexity index is 1320. The smallest absolute Gasteiger partial charge is 0.337 e. The van der Waals surface area contributed by atoms with Crippen LogP contribution in [0.3, 0.4) is 0 Å². The van der Waals surface area contributed by atoms with Gasteiger partial charge in [0, 0.05) is 0 Å². The Balaban J connectivity index is 1.41. The molecule has 2 heteroatoms. The fraction of sp³-hybridized carbons (Fsp3) is 0.732. The van der Waals surface area contributed by atoms with Crippen molar-refractivity contribution in [2.75, 3.05) is 7.11 Å². The van der Waals surface area contributed by atoms with Crippen molar-refractivity contribution >= 4 is 11.5 Å². The van der Waals surface area contributed by atoms with Crippen molar-refractivity contribution in [2.45, 2.75) is 126 Å². The number of methoxy groups -OCH3 is 1. The number of carbonyl (C=O) groups is 1. The zero-order chi connectivity index (χ0) is 31.2. The van der Waals surface area contributed by atoms with Gasteiger partial charge in [0.25, 0.3) is 0 Å². The van der Waals surface area contributed by atoms with Crippen LogP contribution in [0.5, 0.6) is 0 Å². The van der Waals surface area contributed by atoms with Crippen LogP contribution in [0.15, 0.2) is 42.5 Å². The number of ether oxygens (including phenoxy) is 1. The van der Waals surface area contributed by atoms with Crippen LogP contribution in [0.2, 0.25) is 0 Å². The maximum Gasteiger partial charge on any atom is 0.337 e. The Labute approximate surface area is 263 Å². The SMILES string of the molecule is C=C(C)[C@@H]1CCC2(C)CC[C@]3(C)[C@](CC)(CC[C@@H]4[C@@]5(CC)CC=C(c6ccc(C(=O)OC)cc6)C(C)(C)[C@@H]5CC[C@]43C)[C@@H]12. The molecule has 236 valence electrons. The lowest BCUT2D eigenvalue weighted by atomic mass is 9.28. The second-order valence-corrected chi connectivity index (χ2v) is 17.3. The summed E-state index contributed by atoms with van der Waals surface area (Å²) in [4.78, 5) is 12.1. The summed E-state index contributed by atoms with van der Waals surface area (Å²) in [6, 6.07) is 8.20. The molecule has 43 heavy (non-hydrogen) atoms. The van der Waals surface area contributed by atoms with Gasteiger partial charge in [-0.15, -0.1) is 0 Å². The van der Waals surface area contributed by atoms with Crippen molar-refractivity contribution < 1.29 is 9.53 Å². The van der Waals surface area contributed by atoms with Crippen LogP contribution in [0.1, 0.15) is 142 Å². The fourth-order valence-corrected chi connectivity index (χ4v) is 13.9. The maximum atomic E-state index is 12.1. The van der Waals surface area contributed by atoms with E-state index in [0.29, 0.717) is 44.5 Å². The molecule has 0 radical (unpaired) electrons. The van der Waals surface area contributed by atoms with Crippen molar-refractivity contribution in [2.24, 2.45) is 56.2 Å². The molecule has 0 bridgehead atoms. The van der Waals surface area contributed by atoms with Gasteiger partial charge in [0.1, 0.15) is 0 Å². The van der Waals surface area contributed by atoms with Crippen molar-refractivity contribution in [3.63, 3.8) is 0 Å². The first-order valence-electron chi connectivity index (χ1n) is 17.8. The molecule has 9 atom stereocenters. The van der Waals surface area contributed by atoms with E-state index in [1.165, 1.54) is 94.4 Å². The van der Waals surface area contributed by atoms with Crippen LogP contribution in [-0.4, -0.2) is 13.1 Å². The van der Waals surface area contributed by atoms with Crippen LogP contribution < -0.4 is 0 Å². The van der Waals surface area contributed by atoms with E-state index in [4.69, 9.17) is 4.74 Å². The first-order chi connectivity index (χ1) is 20.2. The van der Waals surface area contributed by atoms with Gasteiger partial charge < -0.3 is 4.74 Å². The summed E-state index contributed by atoms with van der Waals surface area (Å²) in [5.41, 5.74) is 6.90. The van der Waals surface area contributed by atoms with E-state index in [9.17, 15) is 4.79 Å². The monoisotopic (exact) mass is 584 g/mol. The van der Waals surface area contributed by atoms with E-state index in [0.717, 1.165) is 11.8 Å². The molecule has 0 spiro atoms. The molecule has 4 fully saturated rings.